The monoisotopic (exact) mass is 347 g/mol. The molecule has 2 N–H and O–H groups in total. The molecule has 0 unspecified atom stereocenters. The second-order valence-electron chi connectivity index (χ2n) is 9.24. The minimum absolute atomic E-state index is 0.0281. The molecule has 4 bridgehead atoms. The summed E-state index contributed by atoms with van der Waals surface area (Å²) >= 11 is 0. The average molecular weight is 348 g/mol. The van der Waals surface area contributed by atoms with Crippen LogP contribution in [0.1, 0.15) is 70.6 Å². The van der Waals surface area contributed by atoms with Crippen LogP contribution in [0.15, 0.2) is 0 Å². The van der Waals surface area contributed by atoms with Gasteiger partial charge >= 0.3 is 6.03 Å². The number of imide groups is 1. The summed E-state index contributed by atoms with van der Waals surface area (Å²) in [7, 11) is 0. The summed E-state index contributed by atoms with van der Waals surface area (Å²) < 4.78 is 0. The van der Waals surface area contributed by atoms with E-state index in [4.69, 9.17) is 0 Å². The van der Waals surface area contributed by atoms with Crippen molar-refractivity contribution >= 4 is 11.9 Å². The topological polar surface area (TPSA) is 61.4 Å². The number of carbonyl (C=O) groups is 2. The first-order chi connectivity index (χ1) is 12.1. The Balaban J connectivity index is 1.26. The van der Waals surface area contributed by atoms with Crippen LogP contribution in [0.2, 0.25) is 0 Å². The van der Waals surface area contributed by atoms with E-state index < -0.39 is 0 Å². The normalized spacial score (nSPS) is 38.0. The van der Waals surface area contributed by atoms with Crippen LogP contribution in [0.25, 0.3) is 0 Å². The van der Waals surface area contributed by atoms with Crippen LogP contribution < -0.4 is 10.6 Å². The van der Waals surface area contributed by atoms with Crippen LogP contribution in [-0.4, -0.2) is 42.0 Å². The van der Waals surface area contributed by atoms with Gasteiger partial charge in [-0.2, -0.15) is 0 Å². The van der Waals surface area contributed by atoms with Crippen molar-refractivity contribution in [2.75, 3.05) is 19.6 Å². The first-order valence-electron chi connectivity index (χ1n) is 10.4. The maximum Gasteiger partial charge on any atom is 0.321 e. The Kier molecular flexibility index (Phi) is 5.03. The van der Waals surface area contributed by atoms with Gasteiger partial charge in [0.2, 0.25) is 5.91 Å². The Morgan fingerprint density at radius 2 is 1.36 bits per heavy atom. The third-order valence-corrected chi connectivity index (χ3v) is 6.99. The molecule has 5 aliphatic rings. The minimum Gasteiger partial charge on any atom is -0.332 e. The first-order valence-corrected chi connectivity index (χ1v) is 10.4. The van der Waals surface area contributed by atoms with Crippen molar-refractivity contribution < 1.29 is 9.59 Å². The maximum atomic E-state index is 12.4. The molecule has 1 heterocycles. The molecule has 5 fully saturated rings. The number of rotatable bonds is 3. The van der Waals surface area contributed by atoms with Crippen molar-refractivity contribution in [3.05, 3.63) is 0 Å². The van der Waals surface area contributed by atoms with Crippen LogP contribution in [0.3, 0.4) is 0 Å². The summed E-state index contributed by atoms with van der Waals surface area (Å²) in [5.41, 5.74) is -0.0281. The third-order valence-electron chi connectivity index (χ3n) is 6.99. The standard InChI is InChI=1S/C20H33N3O2/c24-18(14-23-6-4-2-1-3-5-7-23)21-19(25)22-20-11-15-8-16(12-20)10-17(9-15)13-20/h15-17H,1-14H2,(H2,21,22,24,25). The summed E-state index contributed by atoms with van der Waals surface area (Å²) in [4.78, 5) is 26.9. The molecule has 140 valence electrons. The van der Waals surface area contributed by atoms with Gasteiger partial charge in [-0.25, -0.2) is 4.79 Å². The lowest BCUT2D eigenvalue weighted by atomic mass is 9.53. The van der Waals surface area contributed by atoms with Crippen molar-refractivity contribution in [2.24, 2.45) is 17.8 Å². The van der Waals surface area contributed by atoms with Gasteiger partial charge in [0, 0.05) is 5.54 Å². The number of amides is 3. The van der Waals surface area contributed by atoms with Crippen LogP contribution in [0.5, 0.6) is 0 Å². The molecule has 0 aromatic rings. The summed E-state index contributed by atoms with van der Waals surface area (Å²) in [6.07, 6.45) is 13.6. The van der Waals surface area contributed by atoms with Crippen LogP contribution in [0, 0.1) is 17.8 Å². The lowest BCUT2D eigenvalue weighted by Crippen LogP contribution is -2.62. The molecule has 5 heteroatoms. The summed E-state index contributed by atoms with van der Waals surface area (Å²) in [5, 5.41) is 5.83. The highest BCUT2D eigenvalue weighted by atomic mass is 16.2. The fourth-order valence-electron chi connectivity index (χ4n) is 6.38. The molecule has 0 radical (unpaired) electrons. The Labute approximate surface area is 151 Å². The van der Waals surface area contributed by atoms with Crippen LogP contribution >= 0.6 is 0 Å². The van der Waals surface area contributed by atoms with E-state index in [2.05, 4.69) is 15.5 Å². The van der Waals surface area contributed by atoms with E-state index in [1.165, 1.54) is 38.5 Å². The van der Waals surface area contributed by atoms with E-state index in [0.717, 1.165) is 62.9 Å². The van der Waals surface area contributed by atoms with E-state index in [-0.39, 0.29) is 17.5 Å². The molecular weight excluding hydrogens is 314 g/mol. The lowest BCUT2D eigenvalue weighted by molar-refractivity contribution is -0.121. The molecule has 25 heavy (non-hydrogen) atoms. The van der Waals surface area contributed by atoms with Gasteiger partial charge in [-0.1, -0.05) is 19.3 Å². The predicted octanol–water partition coefficient (Wildman–Crippen LogP) is 3.05. The number of carbonyl (C=O) groups excluding carboxylic acids is 2. The molecule has 5 rings (SSSR count). The largest absolute Gasteiger partial charge is 0.332 e. The summed E-state index contributed by atoms with van der Waals surface area (Å²) in [5.74, 6) is 2.23. The number of urea groups is 1. The molecule has 4 aliphatic carbocycles. The fourth-order valence-corrected chi connectivity index (χ4v) is 6.38. The Bertz CT molecular complexity index is 476. The van der Waals surface area contributed by atoms with Crippen LogP contribution in [-0.2, 0) is 4.79 Å². The molecular formula is C20H33N3O2. The van der Waals surface area contributed by atoms with Gasteiger partial charge in [-0.15, -0.1) is 0 Å². The second kappa shape index (κ2) is 7.26. The lowest BCUT2D eigenvalue weighted by Gasteiger charge is -2.56. The van der Waals surface area contributed by atoms with E-state index in [9.17, 15) is 9.59 Å². The predicted molar refractivity (Wildman–Crippen MR) is 97.1 cm³/mol. The van der Waals surface area contributed by atoms with Gasteiger partial charge in [0.1, 0.15) is 0 Å². The molecule has 0 aromatic carbocycles. The Hall–Kier alpha value is -1.10. The zero-order chi connectivity index (χ0) is 17.3. The van der Waals surface area contributed by atoms with E-state index in [1.54, 1.807) is 0 Å². The Morgan fingerprint density at radius 1 is 0.840 bits per heavy atom. The zero-order valence-electron chi connectivity index (χ0n) is 15.4. The van der Waals surface area contributed by atoms with Crippen molar-refractivity contribution in [1.82, 2.24) is 15.5 Å². The van der Waals surface area contributed by atoms with Gasteiger partial charge in [0.05, 0.1) is 6.54 Å². The van der Waals surface area contributed by atoms with Gasteiger partial charge in [0.15, 0.2) is 0 Å². The second-order valence-corrected chi connectivity index (χ2v) is 9.24. The number of nitrogens with zero attached hydrogens (tertiary/aromatic N) is 1. The zero-order valence-corrected chi connectivity index (χ0v) is 15.4. The molecule has 1 aliphatic heterocycles. The smallest absolute Gasteiger partial charge is 0.321 e. The highest BCUT2D eigenvalue weighted by molar-refractivity contribution is 5.95. The quantitative estimate of drug-likeness (QED) is 0.825. The number of hydrogen-bond acceptors (Lipinski definition) is 3. The van der Waals surface area contributed by atoms with Crippen molar-refractivity contribution in [2.45, 2.75) is 76.2 Å². The van der Waals surface area contributed by atoms with Crippen LogP contribution in [0.4, 0.5) is 4.79 Å². The van der Waals surface area contributed by atoms with E-state index >= 15 is 0 Å². The highest BCUT2D eigenvalue weighted by Crippen LogP contribution is 2.55. The minimum atomic E-state index is -0.265. The molecule has 0 spiro atoms. The van der Waals surface area contributed by atoms with Gasteiger partial charge in [0.25, 0.3) is 0 Å². The SMILES string of the molecule is O=C(CN1CCCCCCC1)NC(=O)NC12CC3CC(CC(C3)C1)C2. The van der Waals surface area contributed by atoms with E-state index in [1.807, 2.05) is 0 Å². The van der Waals surface area contributed by atoms with Crippen molar-refractivity contribution in [3.8, 4) is 0 Å². The fraction of sp³-hybridized carbons (Fsp3) is 0.900. The van der Waals surface area contributed by atoms with Gasteiger partial charge < -0.3 is 5.32 Å². The number of likely N-dealkylation sites (tertiary alicyclic amines) is 1. The molecule has 5 nitrogen and oxygen atoms in total. The highest BCUT2D eigenvalue weighted by Gasteiger charge is 2.51. The van der Waals surface area contributed by atoms with Gasteiger partial charge in [-0.3, -0.25) is 15.0 Å². The average Bonchev–Trinajstić information content (AvgIpc) is 2.47. The maximum absolute atomic E-state index is 12.4. The molecule has 0 aromatic heterocycles. The van der Waals surface area contributed by atoms with Crippen molar-refractivity contribution in [3.63, 3.8) is 0 Å². The van der Waals surface area contributed by atoms with Crippen molar-refractivity contribution in [1.29, 1.82) is 0 Å². The molecule has 1 saturated heterocycles. The number of nitrogens with one attached hydrogen (secondary N) is 2. The first kappa shape index (κ1) is 17.3. The molecule has 0 atom stereocenters. The summed E-state index contributed by atoms with van der Waals surface area (Å²) in [6.45, 7) is 2.31. The number of hydrogen-bond donors (Lipinski definition) is 2. The van der Waals surface area contributed by atoms with Gasteiger partial charge in [-0.05, 0) is 82.2 Å². The molecule has 3 amide bonds. The third kappa shape index (κ3) is 4.18. The summed E-state index contributed by atoms with van der Waals surface area (Å²) in [6, 6.07) is -0.265. The molecule has 4 saturated carbocycles. The van der Waals surface area contributed by atoms with E-state index in [0.29, 0.717) is 6.54 Å². The Morgan fingerprint density at radius 3 is 1.92 bits per heavy atom.